The molecule has 0 N–H and O–H groups in total. The van der Waals surface area contributed by atoms with Crippen LogP contribution in [-0.2, 0) is 0 Å². The average Bonchev–Trinajstić information content (AvgIpc) is 2.15. The van der Waals surface area contributed by atoms with E-state index >= 15 is 0 Å². The molecular formula is C13H26. The number of allylic oxidation sites excluding steroid dienone is 1. The zero-order valence-corrected chi connectivity index (χ0v) is 9.90. The van der Waals surface area contributed by atoms with Crippen LogP contribution in [0.4, 0.5) is 0 Å². The van der Waals surface area contributed by atoms with Gasteiger partial charge in [0.1, 0.15) is 0 Å². The second-order valence-corrected chi connectivity index (χ2v) is 4.15. The molecule has 0 aromatic carbocycles. The Balaban J connectivity index is 3.98. The first-order valence-corrected chi connectivity index (χ1v) is 5.84. The highest BCUT2D eigenvalue weighted by Gasteiger charge is 2.16. The number of hydrogen-bond donors (Lipinski definition) is 0. The third kappa shape index (κ3) is 4.50. The molecule has 0 aromatic heterocycles. The summed E-state index contributed by atoms with van der Waals surface area (Å²) in [6.07, 6.45) is 6.47. The maximum absolute atomic E-state index is 4.17. The molecule has 0 heterocycles. The van der Waals surface area contributed by atoms with Crippen LogP contribution in [0.2, 0.25) is 0 Å². The monoisotopic (exact) mass is 182 g/mol. The molecule has 2 unspecified atom stereocenters. The van der Waals surface area contributed by atoms with E-state index in [9.17, 15) is 0 Å². The second kappa shape index (κ2) is 7.17. The SMILES string of the molecule is C=C(CC)C(CC)C(C)CCCC. The Hall–Kier alpha value is -0.260. The van der Waals surface area contributed by atoms with E-state index in [1.54, 1.807) is 0 Å². The lowest BCUT2D eigenvalue weighted by molar-refractivity contribution is 0.359. The Kier molecular flexibility index (Phi) is 7.03. The van der Waals surface area contributed by atoms with Crippen LogP contribution in [0.5, 0.6) is 0 Å². The summed E-state index contributed by atoms with van der Waals surface area (Å²) in [5.74, 6) is 1.59. The molecule has 78 valence electrons. The molecule has 0 aliphatic rings. The fourth-order valence-electron chi connectivity index (χ4n) is 2.08. The highest BCUT2D eigenvalue weighted by atomic mass is 14.2. The van der Waals surface area contributed by atoms with Gasteiger partial charge in [-0.2, -0.15) is 0 Å². The van der Waals surface area contributed by atoms with Crippen molar-refractivity contribution >= 4 is 0 Å². The minimum atomic E-state index is 0.761. The summed E-state index contributed by atoms with van der Waals surface area (Å²) in [5.41, 5.74) is 1.45. The van der Waals surface area contributed by atoms with Gasteiger partial charge in [-0.15, -0.1) is 0 Å². The first-order valence-electron chi connectivity index (χ1n) is 5.84. The predicted octanol–water partition coefficient (Wildman–Crippen LogP) is 4.81. The summed E-state index contributed by atoms with van der Waals surface area (Å²) >= 11 is 0. The van der Waals surface area contributed by atoms with Gasteiger partial charge in [-0.1, -0.05) is 59.1 Å². The topological polar surface area (TPSA) is 0 Å². The first kappa shape index (κ1) is 12.7. The van der Waals surface area contributed by atoms with Crippen molar-refractivity contribution in [1.29, 1.82) is 0 Å². The Labute approximate surface area is 84.4 Å². The lowest BCUT2D eigenvalue weighted by Crippen LogP contribution is -2.12. The average molecular weight is 182 g/mol. The molecular weight excluding hydrogens is 156 g/mol. The van der Waals surface area contributed by atoms with Crippen LogP contribution in [0.15, 0.2) is 12.2 Å². The van der Waals surface area contributed by atoms with E-state index in [1.165, 1.54) is 31.3 Å². The quantitative estimate of drug-likeness (QED) is 0.496. The van der Waals surface area contributed by atoms with Gasteiger partial charge in [-0.25, -0.2) is 0 Å². The summed E-state index contributed by atoms with van der Waals surface area (Å²) < 4.78 is 0. The van der Waals surface area contributed by atoms with Gasteiger partial charge >= 0.3 is 0 Å². The molecule has 0 heteroatoms. The van der Waals surface area contributed by atoms with E-state index in [1.807, 2.05) is 0 Å². The second-order valence-electron chi connectivity index (χ2n) is 4.15. The largest absolute Gasteiger partial charge is 0.0996 e. The molecule has 0 saturated carbocycles. The third-order valence-electron chi connectivity index (χ3n) is 3.12. The fourth-order valence-corrected chi connectivity index (χ4v) is 2.08. The molecule has 0 fully saturated rings. The van der Waals surface area contributed by atoms with Crippen molar-refractivity contribution in [1.82, 2.24) is 0 Å². The summed E-state index contributed by atoms with van der Waals surface area (Å²) in [7, 11) is 0. The van der Waals surface area contributed by atoms with Crippen molar-refractivity contribution in [2.75, 3.05) is 0 Å². The number of unbranched alkanes of at least 4 members (excludes halogenated alkanes) is 1. The van der Waals surface area contributed by atoms with Crippen molar-refractivity contribution in [2.45, 2.75) is 59.8 Å². The van der Waals surface area contributed by atoms with Gasteiger partial charge in [-0.3, -0.25) is 0 Å². The predicted molar refractivity (Wildman–Crippen MR) is 61.9 cm³/mol. The van der Waals surface area contributed by atoms with Crippen LogP contribution in [0, 0.1) is 11.8 Å². The Morgan fingerprint density at radius 3 is 2.23 bits per heavy atom. The van der Waals surface area contributed by atoms with Crippen LogP contribution in [0.25, 0.3) is 0 Å². The molecule has 0 aromatic rings. The lowest BCUT2D eigenvalue weighted by atomic mass is 9.82. The van der Waals surface area contributed by atoms with Crippen LogP contribution in [0.3, 0.4) is 0 Å². The van der Waals surface area contributed by atoms with Gasteiger partial charge in [0, 0.05) is 0 Å². The normalized spacial score (nSPS) is 15.4. The molecule has 0 saturated heterocycles. The molecule has 0 rings (SSSR count). The van der Waals surface area contributed by atoms with Gasteiger partial charge in [0.25, 0.3) is 0 Å². The molecule has 13 heavy (non-hydrogen) atoms. The molecule has 0 nitrogen and oxygen atoms in total. The van der Waals surface area contributed by atoms with E-state index < -0.39 is 0 Å². The summed E-state index contributed by atoms with van der Waals surface area (Å²) in [6.45, 7) is 13.3. The van der Waals surface area contributed by atoms with Crippen LogP contribution >= 0.6 is 0 Å². The van der Waals surface area contributed by atoms with Crippen molar-refractivity contribution in [2.24, 2.45) is 11.8 Å². The van der Waals surface area contributed by atoms with E-state index in [0.29, 0.717) is 0 Å². The zero-order chi connectivity index (χ0) is 10.3. The Morgan fingerprint density at radius 2 is 1.85 bits per heavy atom. The molecule has 2 atom stereocenters. The Morgan fingerprint density at radius 1 is 1.23 bits per heavy atom. The van der Waals surface area contributed by atoms with E-state index in [2.05, 4.69) is 34.3 Å². The highest BCUT2D eigenvalue weighted by Crippen LogP contribution is 2.28. The molecule has 0 aliphatic heterocycles. The minimum Gasteiger partial charge on any atom is -0.0996 e. The number of rotatable bonds is 7. The maximum Gasteiger partial charge on any atom is -0.0183 e. The maximum atomic E-state index is 4.17. The van der Waals surface area contributed by atoms with Crippen molar-refractivity contribution in [3.8, 4) is 0 Å². The van der Waals surface area contributed by atoms with E-state index in [-0.39, 0.29) is 0 Å². The van der Waals surface area contributed by atoms with Gasteiger partial charge in [0.05, 0.1) is 0 Å². The van der Waals surface area contributed by atoms with Crippen LogP contribution < -0.4 is 0 Å². The first-order chi connectivity index (χ1) is 6.17. The van der Waals surface area contributed by atoms with Crippen molar-refractivity contribution in [3.05, 3.63) is 12.2 Å². The van der Waals surface area contributed by atoms with E-state index in [0.717, 1.165) is 18.3 Å². The lowest BCUT2D eigenvalue weighted by Gasteiger charge is -2.24. The highest BCUT2D eigenvalue weighted by molar-refractivity contribution is 5.00. The van der Waals surface area contributed by atoms with Crippen molar-refractivity contribution in [3.63, 3.8) is 0 Å². The summed E-state index contributed by atoms with van der Waals surface area (Å²) in [4.78, 5) is 0. The number of hydrogen-bond acceptors (Lipinski definition) is 0. The third-order valence-corrected chi connectivity index (χ3v) is 3.12. The summed E-state index contributed by atoms with van der Waals surface area (Å²) in [6, 6.07) is 0. The molecule has 0 spiro atoms. The van der Waals surface area contributed by atoms with Crippen molar-refractivity contribution < 1.29 is 0 Å². The van der Waals surface area contributed by atoms with Gasteiger partial charge in [-0.05, 0) is 24.7 Å². The van der Waals surface area contributed by atoms with Gasteiger partial charge in [0.2, 0.25) is 0 Å². The van der Waals surface area contributed by atoms with Crippen LogP contribution in [0.1, 0.15) is 59.8 Å². The standard InChI is InChI=1S/C13H26/c1-6-9-10-12(5)13(8-3)11(4)7-2/h12-13H,4,6-10H2,1-3,5H3. The Bertz CT molecular complexity index is 135. The summed E-state index contributed by atoms with van der Waals surface area (Å²) in [5, 5.41) is 0. The van der Waals surface area contributed by atoms with Gasteiger partial charge in [0.15, 0.2) is 0 Å². The zero-order valence-electron chi connectivity index (χ0n) is 9.90. The minimum absolute atomic E-state index is 0.761. The molecule has 0 aliphatic carbocycles. The molecule has 0 bridgehead atoms. The fraction of sp³-hybridized carbons (Fsp3) is 0.846. The molecule has 0 radical (unpaired) electrons. The van der Waals surface area contributed by atoms with Crippen LogP contribution in [-0.4, -0.2) is 0 Å². The van der Waals surface area contributed by atoms with Gasteiger partial charge < -0.3 is 0 Å². The molecule has 0 amide bonds. The van der Waals surface area contributed by atoms with E-state index in [4.69, 9.17) is 0 Å². The smallest absolute Gasteiger partial charge is 0.0183 e.